The number of H-pyrrole nitrogens is 1. The lowest BCUT2D eigenvalue weighted by Gasteiger charge is -2.33. The summed E-state index contributed by atoms with van der Waals surface area (Å²) in [6, 6.07) is 20.0. The highest BCUT2D eigenvalue weighted by Gasteiger charge is 2.27. The van der Waals surface area contributed by atoms with Crippen molar-refractivity contribution in [3.05, 3.63) is 109 Å². The van der Waals surface area contributed by atoms with E-state index in [2.05, 4.69) is 15.0 Å². The molecule has 1 N–H and O–H groups in total. The Bertz CT molecular complexity index is 1260. The first-order valence-electron chi connectivity index (χ1n) is 13.4. The molecule has 2 amide bonds. The number of carbonyl (C=O) groups excluding carboxylic acids is 2. The molecule has 12 heteroatoms. The number of aromatic amines is 1. The molecule has 2 aromatic heterocycles. The quantitative estimate of drug-likeness (QED) is 0.320. The third kappa shape index (κ3) is 11.0. The molecule has 2 aromatic carbocycles. The molecule has 10 nitrogen and oxygen atoms in total. The van der Waals surface area contributed by atoms with E-state index in [4.69, 9.17) is 21.1 Å². The number of nitrogens with one attached hydrogen (secondary N) is 1. The van der Waals surface area contributed by atoms with Crippen molar-refractivity contribution in [2.45, 2.75) is 31.8 Å². The van der Waals surface area contributed by atoms with Crippen molar-refractivity contribution in [1.29, 1.82) is 0 Å². The van der Waals surface area contributed by atoms with Crippen molar-refractivity contribution >= 4 is 36.9 Å². The van der Waals surface area contributed by atoms with Gasteiger partial charge in [0.25, 0.3) is 0 Å². The average molecular weight is 613 g/mol. The van der Waals surface area contributed by atoms with E-state index in [-0.39, 0.29) is 50.7 Å². The van der Waals surface area contributed by atoms with Gasteiger partial charge in [-0.25, -0.2) is 9.97 Å². The van der Waals surface area contributed by atoms with Crippen molar-refractivity contribution < 1.29 is 19.1 Å². The Kier molecular flexibility index (Phi) is 14.1. The van der Waals surface area contributed by atoms with Crippen molar-refractivity contribution in [2.75, 3.05) is 32.2 Å². The van der Waals surface area contributed by atoms with Gasteiger partial charge in [0.15, 0.2) is 0 Å². The van der Waals surface area contributed by atoms with Crippen molar-refractivity contribution in [1.82, 2.24) is 29.3 Å². The van der Waals surface area contributed by atoms with Crippen LogP contribution in [0.3, 0.4) is 0 Å². The van der Waals surface area contributed by atoms with Gasteiger partial charge in [0.2, 0.25) is 11.8 Å². The van der Waals surface area contributed by atoms with Crippen LogP contribution in [0.2, 0.25) is 0 Å². The van der Waals surface area contributed by atoms with E-state index in [9.17, 15) is 9.59 Å². The van der Waals surface area contributed by atoms with Gasteiger partial charge in [-0.05, 0) is 11.1 Å². The van der Waals surface area contributed by atoms with Gasteiger partial charge >= 0.3 is 0 Å². The summed E-state index contributed by atoms with van der Waals surface area (Å²) in [5.41, 5.74) is 2.27. The number of hydrogen-bond acceptors (Lipinski definition) is 6. The highest BCUT2D eigenvalue weighted by Crippen LogP contribution is 2.14. The number of morpholine rings is 2. The van der Waals surface area contributed by atoms with Gasteiger partial charge in [-0.15, -0.1) is 11.6 Å². The molecule has 0 bridgehead atoms. The van der Waals surface area contributed by atoms with Crippen LogP contribution in [-0.2, 0) is 38.7 Å². The fourth-order valence-corrected chi connectivity index (χ4v) is 4.51. The number of alkyl halides is 1. The van der Waals surface area contributed by atoms with Crippen LogP contribution < -0.4 is 0 Å². The number of hydrogen-bond donors (Lipinski definition) is 1. The molecule has 0 unspecified atom stereocenters. The number of carbonyl (C=O) groups is 2. The van der Waals surface area contributed by atoms with E-state index < -0.39 is 0 Å². The van der Waals surface area contributed by atoms with Gasteiger partial charge in [-0.3, -0.25) is 9.59 Å². The van der Waals surface area contributed by atoms with Gasteiger partial charge in [0.05, 0.1) is 37.3 Å². The lowest BCUT2D eigenvalue weighted by atomic mass is 10.2. The van der Waals surface area contributed by atoms with Gasteiger partial charge in [-0.2, -0.15) is 13.5 Å². The van der Waals surface area contributed by atoms with Gasteiger partial charge in [0, 0.05) is 51.0 Å². The fourth-order valence-electron chi connectivity index (χ4n) is 4.32. The van der Waals surface area contributed by atoms with E-state index in [1.54, 1.807) is 36.1 Å². The molecule has 4 heterocycles. The average Bonchev–Trinajstić information content (AvgIpc) is 3.76. The molecular formula is C30H37ClN6O4S. The zero-order valence-electron chi connectivity index (χ0n) is 23.3. The molecule has 224 valence electrons. The van der Waals surface area contributed by atoms with Crippen molar-refractivity contribution in [3.8, 4) is 0 Å². The molecule has 2 saturated heterocycles. The van der Waals surface area contributed by atoms with Crippen LogP contribution in [0.5, 0.6) is 0 Å². The first-order valence-corrected chi connectivity index (χ1v) is 13.9. The first kappa shape index (κ1) is 32.9. The largest absolute Gasteiger partial charge is 0.365 e. The van der Waals surface area contributed by atoms with Crippen LogP contribution in [0, 0.1) is 0 Å². The first-order chi connectivity index (χ1) is 20.1. The number of ether oxygens (including phenoxy) is 2. The minimum Gasteiger partial charge on any atom is -0.365 e. The van der Waals surface area contributed by atoms with Crippen molar-refractivity contribution in [2.24, 2.45) is 0 Å². The predicted octanol–water partition coefficient (Wildman–Crippen LogP) is 3.49. The third-order valence-electron chi connectivity index (χ3n) is 6.42. The summed E-state index contributed by atoms with van der Waals surface area (Å²) in [6.45, 7) is 3.50. The lowest BCUT2D eigenvalue weighted by Crippen LogP contribution is -2.47. The van der Waals surface area contributed by atoms with Crippen LogP contribution in [0.4, 0.5) is 0 Å². The molecular weight excluding hydrogens is 576 g/mol. The normalized spacial score (nSPS) is 18.2. The third-order valence-corrected chi connectivity index (χ3v) is 6.77. The van der Waals surface area contributed by atoms with E-state index in [1.807, 2.05) is 76.3 Å². The second kappa shape index (κ2) is 18.0. The number of halogens is 1. The maximum atomic E-state index is 11.9. The highest BCUT2D eigenvalue weighted by atomic mass is 35.5. The molecule has 2 aliphatic heterocycles. The number of imidazole rings is 2. The number of rotatable bonds is 7. The maximum Gasteiger partial charge on any atom is 0.248 e. The highest BCUT2D eigenvalue weighted by molar-refractivity contribution is 7.59. The van der Waals surface area contributed by atoms with Gasteiger partial charge < -0.3 is 28.8 Å². The zero-order chi connectivity index (χ0) is 28.7. The Morgan fingerprint density at radius 1 is 0.810 bits per heavy atom. The molecule has 0 saturated carbocycles. The SMILES string of the molecule is O=C1CO[C@H](CCl)CN1Cc1ccccc1.O=C1CO[C@H](Cn2ccnc2)CN1Cc1ccccc1.S.c1c[nH]cn1. The summed E-state index contributed by atoms with van der Waals surface area (Å²) < 4.78 is 12.8. The van der Waals surface area contributed by atoms with Crippen LogP contribution in [0.25, 0.3) is 0 Å². The number of benzene rings is 2. The molecule has 4 aromatic rings. The maximum absolute atomic E-state index is 11.9. The van der Waals surface area contributed by atoms with Crippen LogP contribution in [0.1, 0.15) is 11.1 Å². The van der Waals surface area contributed by atoms with E-state index in [0.717, 1.165) is 17.7 Å². The van der Waals surface area contributed by atoms with E-state index in [1.165, 1.54) is 0 Å². The summed E-state index contributed by atoms with van der Waals surface area (Å²) in [4.78, 5) is 37.6. The zero-order valence-corrected chi connectivity index (χ0v) is 25.1. The standard InChI is InChI=1S/C15H17N3O2.C12H14ClNO2.C3H4N2.H2S/c19-15-11-20-14(9-17-7-6-16-12-17)10-18(15)8-13-4-2-1-3-5-13;13-6-11-8-14(12(15)9-16-11)7-10-4-2-1-3-5-10;1-2-5-3-4-1;/h1-7,12,14H,8-11H2;1-5,11H,6-9H2;1-3H,(H,4,5);1H2/t14-;11-;;/m11../s1. The Hall–Kier alpha value is -3.64. The molecule has 2 atom stereocenters. The van der Waals surface area contributed by atoms with Gasteiger partial charge in [0.1, 0.15) is 13.2 Å². The summed E-state index contributed by atoms with van der Waals surface area (Å²) in [5, 5.41) is 0. The number of aromatic nitrogens is 4. The Morgan fingerprint density at radius 3 is 1.83 bits per heavy atom. The van der Waals surface area contributed by atoms with Crippen LogP contribution >= 0.6 is 25.1 Å². The molecule has 2 aliphatic rings. The topological polar surface area (TPSA) is 106 Å². The van der Waals surface area contributed by atoms with Crippen LogP contribution in [0.15, 0.2) is 98.1 Å². The number of nitrogens with zero attached hydrogens (tertiary/aromatic N) is 5. The summed E-state index contributed by atoms with van der Waals surface area (Å²) in [6.07, 6.45) is 10.5. The lowest BCUT2D eigenvalue weighted by molar-refractivity contribution is -0.150. The van der Waals surface area contributed by atoms with Gasteiger partial charge in [-0.1, -0.05) is 60.7 Å². The number of amides is 2. The summed E-state index contributed by atoms with van der Waals surface area (Å²) in [5.74, 6) is 0.513. The van der Waals surface area contributed by atoms with Crippen molar-refractivity contribution in [3.63, 3.8) is 0 Å². The summed E-state index contributed by atoms with van der Waals surface area (Å²) >= 11 is 5.73. The Morgan fingerprint density at radius 2 is 1.38 bits per heavy atom. The minimum absolute atomic E-state index is 0. The molecule has 0 radical (unpaired) electrons. The molecule has 0 spiro atoms. The second-order valence-electron chi connectivity index (χ2n) is 9.56. The fraction of sp³-hybridized carbons (Fsp3) is 0.333. The molecule has 6 rings (SSSR count). The van der Waals surface area contributed by atoms with Crippen LogP contribution in [-0.4, -0.2) is 85.5 Å². The van der Waals surface area contributed by atoms with E-state index >= 15 is 0 Å². The second-order valence-corrected chi connectivity index (χ2v) is 9.87. The Labute approximate surface area is 258 Å². The smallest absolute Gasteiger partial charge is 0.248 e. The Balaban J connectivity index is 0.000000197. The predicted molar refractivity (Wildman–Crippen MR) is 165 cm³/mol. The molecule has 42 heavy (non-hydrogen) atoms. The monoisotopic (exact) mass is 612 g/mol. The molecule has 2 fully saturated rings. The minimum atomic E-state index is -0.0388. The summed E-state index contributed by atoms with van der Waals surface area (Å²) in [7, 11) is 0. The van der Waals surface area contributed by atoms with E-state index in [0.29, 0.717) is 32.1 Å². The molecule has 0 aliphatic carbocycles.